The number of anilines is 1. The fourth-order valence-corrected chi connectivity index (χ4v) is 4.46. The lowest BCUT2D eigenvalue weighted by atomic mass is 9.96. The Morgan fingerprint density at radius 1 is 1.10 bits per heavy atom. The molecule has 0 saturated heterocycles. The van der Waals surface area contributed by atoms with E-state index in [-0.39, 0.29) is 24.7 Å². The summed E-state index contributed by atoms with van der Waals surface area (Å²) in [5.41, 5.74) is 4.40. The normalized spacial score (nSPS) is 11.3. The quantitative estimate of drug-likeness (QED) is 0.191. The molecule has 214 valence electrons. The number of aromatic nitrogens is 2. The van der Waals surface area contributed by atoms with Gasteiger partial charge in [-0.3, -0.25) is 4.79 Å². The van der Waals surface area contributed by atoms with Crippen LogP contribution in [0.15, 0.2) is 64.5 Å². The number of fused-ring (bicyclic) bond motifs is 1. The molecule has 0 aliphatic carbocycles. The molecule has 1 heterocycles. The van der Waals surface area contributed by atoms with Crippen LogP contribution in [0.25, 0.3) is 22.3 Å². The Hall–Kier alpha value is -4.66. The number of para-hydroxylation sites is 1. The van der Waals surface area contributed by atoms with Gasteiger partial charge in [0.05, 0.1) is 30.8 Å². The molecular formula is C32H36N4O5. The first-order chi connectivity index (χ1) is 19.6. The molecule has 0 saturated carbocycles. The van der Waals surface area contributed by atoms with Crippen molar-refractivity contribution in [2.75, 3.05) is 39.3 Å². The number of methoxy groups -OCH3 is 1. The van der Waals surface area contributed by atoms with E-state index in [0.717, 1.165) is 28.1 Å². The van der Waals surface area contributed by atoms with Gasteiger partial charge in [0.1, 0.15) is 11.5 Å². The van der Waals surface area contributed by atoms with Crippen molar-refractivity contribution in [2.45, 2.75) is 33.6 Å². The summed E-state index contributed by atoms with van der Waals surface area (Å²) >= 11 is 0. The molecule has 1 aromatic heterocycles. The molecule has 0 N–H and O–H groups in total. The van der Waals surface area contributed by atoms with Crippen LogP contribution in [-0.4, -0.2) is 56.3 Å². The van der Waals surface area contributed by atoms with Crippen LogP contribution < -0.4 is 19.9 Å². The lowest BCUT2D eigenvalue weighted by Crippen LogP contribution is -2.21. The zero-order chi connectivity index (χ0) is 29.7. The second-order valence-corrected chi connectivity index (χ2v) is 10.1. The highest BCUT2D eigenvalue weighted by Gasteiger charge is 2.18. The lowest BCUT2D eigenvalue weighted by Gasteiger charge is -2.18. The maximum absolute atomic E-state index is 13.8. The molecule has 0 atom stereocenters. The molecule has 0 radical (unpaired) electrons. The summed E-state index contributed by atoms with van der Waals surface area (Å²) in [5, 5.41) is 5.08. The van der Waals surface area contributed by atoms with Crippen LogP contribution in [0.5, 0.6) is 11.5 Å². The van der Waals surface area contributed by atoms with E-state index < -0.39 is 5.97 Å². The number of benzene rings is 3. The van der Waals surface area contributed by atoms with Gasteiger partial charge in [-0.2, -0.15) is 9.78 Å². The highest BCUT2D eigenvalue weighted by molar-refractivity contribution is 5.86. The van der Waals surface area contributed by atoms with Crippen LogP contribution in [0.4, 0.5) is 5.69 Å². The Bertz CT molecular complexity index is 1660. The number of aryl methyl sites for hydroxylation is 1. The summed E-state index contributed by atoms with van der Waals surface area (Å²) in [6.45, 7) is 7.88. The highest BCUT2D eigenvalue weighted by atomic mass is 16.6. The molecule has 0 amide bonds. The molecule has 9 nitrogen and oxygen atoms in total. The van der Waals surface area contributed by atoms with Crippen molar-refractivity contribution in [3.05, 3.63) is 81.6 Å². The third kappa shape index (κ3) is 6.40. The predicted molar refractivity (Wildman–Crippen MR) is 163 cm³/mol. The van der Waals surface area contributed by atoms with Gasteiger partial charge in [0, 0.05) is 37.0 Å². The van der Waals surface area contributed by atoms with Crippen molar-refractivity contribution in [3.8, 4) is 22.9 Å². The Morgan fingerprint density at radius 3 is 2.54 bits per heavy atom. The molecule has 9 heteroatoms. The fraction of sp³-hybridized carbons (Fsp3) is 0.312. The van der Waals surface area contributed by atoms with Crippen molar-refractivity contribution in [1.82, 2.24) is 9.66 Å². The predicted octanol–water partition coefficient (Wildman–Crippen LogP) is 5.39. The third-order valence-corrected chi connectivity index (χ3v) is 6.67. The van der Waals surface area contributed by atoms with Gasteiger partial charge >= 0.3 is 5.97 Å². The van der Waals surface area contributed by atoms with E-state index in [1.165, 1.54) is 4.68 Å². The number of carbonyl (C=O) groups is 1. The second-order valence-electron chi connectivity index (χ2n) is 10.1. The monoisotopic (exact) mass is 556 g/mol. The third-order valence-electron chi connectivity index (χ3n) is 6.67. The first kappa shape index (κ1) is 29.3. The average Bonchev–Trinajstić information content (AvgIpc) is 2.95. The van der Waals surface area contributed by atoms with Crippen LogP contribution in [0, 0.1) is 6.92 Å². The van der Waals surface area contributed by atoms with Gasteiger partial charge < -0.3 is 19.1 Å². The second kappa shape index (κ2) is 12.7. The summed E-state index contributed by atoms with van der Waals surface area (Å²) < 4.78 is 17.8. The van der Waals surface area contributed by atoms with Crippen LogP contribution in [0.2, 0.25) is 0 Å². The molecule has 41 heavy (non-hydrogen) atoms. The van der Waals surface area contributed by atoms with Gasteiger partial charge in [-0.1, -0.05) is 26.0 Å². The van der Waals surface area contributed by atoms with E-state index in [0.29, 0.717) is 28.0 Å². The minimum absolute atomic E-state index is 0.183. The number of hydrogen-bond donors (Lipinski definition) is 0. The van der Waals surface area contributed by atoms with Gasteiger partial charge in [-0.25, -0.2) is 9.78 Å². The van der Waals surface area contributed by atoms with Crippen LogP contribution >= 0.6 is 0 Å². The smallest absolute Gasteiger partial charge is 0.344 e. The molecule has 0 aliphatic rings. The SMILES string of the molecule is CCOC(=O)COc1cc(N(C)C)ccc1C=Nn1c(-c2cc(C(C)C)c(OC)cc2C)nc2ccccc2c1=O. The molecule has 0 unspecified atom stereocenters. The van der Waals surface area contributed by atoms with Gasteiger partial charge in [-0.05, 0) is 67.3 Å². The summed E-state index contributed by atoms with van der Waals surface area (Å²) in [4.78, 5) is 32.6. The minimum Gasteiger partial charge on any atom is -0.496 e. The largest absolute Gasteiger partial charge is 0.496 e. The fourth-order valence-electron chi connectivity index (χ4n) is 4.46. The van der Waals surface area contributed by atoms with Crippen LogP contribution in [0.3, 0.4) is 0 Å². The first-order valence-corrected chi connectivity index (χ1v) is 13.5. The number of rotatable bonds is 10. The average molecular weight is 557 g/mol. The van der Waals surface area contributed by atoms with Gasteiger partial charge in [0.2, 0.25) is 0 Å². The van der Waals surface area contributed by atoms with Crippen LogP contribution in [-0.2, 0) is 9.53 Å². The molecule has 0 aliphatic heterocycles. The Morgan fingerprint density at radius 2 is 1.85 bits per heavy atom. The molecule has 0 fully saturated rings. The van der Waals surface area contributed by atoms with E-state index in [1.807, 2.05) is 68.4 Å². The first-order valence-electron chi connectivity index (χ1n) is 13.5. The highest BCUT2D eigenvalue weighted by Crippen LogP contribution is 2.34. The lowest BCUT2D eigenvalue weighted by molar-refractivity contribution is -0.145. The molecule has 4 rings (SSSR count). The summed E-state index contributed by atoms with van der Waals surface area (Å²) in [6, 6.07) is 16.7. The molecule has 4 aromatic rings. The number of nitrogens with zero attached hydrogens (tertiary/aromatic N) is 4. The van der Waals surface area contributed by atoms with Crippen molar-refractivity contribution in [3.63, 3.8) is 0 Å². The maximum atomic E-state index is 13.8. The van der Waals surface area contributed by atoms with E-state index >= 15 is 0 Å². The number of ether oxygens (including phenoxy) is 3. The number of hydrogen-bond acceptors (Lipinski definition) is 8. The van der Waals surface area contributed by atoms with Crippen molar-refractivity contribution >= 4 is 28.8 Å². The Labute approximate surface area is 240 Å². The van der Waals surface area contributed by atoms with E-state index in [9.17, 15) is 9.59 Å². The number of esters is 1. The molecule has 0 spiro atoms. The summed E-state index contributed by atoms with van der Waals surface area (Å²) in [7, 11) is 5.47. The summed E-state index contributed by atoms with van der Waals surface area (Å²) in [5.74, 6) is 1.33. The molecule has 0 bridgehead atoms. The minimum atomic E-state index is -0.473. The number of carbonyl (C=O) groups excluding carboxylic acids is 1. The zero-order valence-electron chi connectivity index (χ0n) is 24.6. The summed E-state index contributed by atoms with van der Waals surface area (Å²) in [6.07, 6.45) is 1.55. The Kier molecular flexibility index (Phi) is 9.07. The van der Waals surface area contributed by atoms with E-state index in [1.54, 1.807) is 32.4 Å². The Balaban J connectivity index is 1.89. The van der Waals surface area contributed by atoms with Crippen molar-refractivity contribution < 1.29 is 19.0 Å². The maximum Gasteiger partial charge on any atom is 0.344 e. The van der Waals surface area contributed by atoms with Gasteiger partial charge in [-0.15, -0.1) is 0 Å². The van der Waals surface area contributed by atoms with Crippen molar-refractivity contribution in [1.29, 1.82) is 0 Å². The van der Waals surface area contributed by atoms with E-state index in [4.69, 9.17) is 19.2 Å². The standard InChI is InChI=1S/C32H36N4O5/c1-8-40-30(37)19-41-28-16-23(35(5)6)14-13-22(28)18-33-36-31(34-27-12-10-9-11-24(27)32(36)38)26-17-25(20(2)3)29(39-7)15-21(26)4/h9-18,20H,8,19H2,1-7H3. The van der Waals surface area contributed by atoms with Crippen LogP contribution in [0.1, 0.15) is 43.4 Å². The molecular weight excluding hydrogens is 520 g/mol. The zero-order valence-corrected chi connectivity index (χ0v) is 24.6. The van der Waals surface area contributed by atoms with Crippen molar-refractivity contribution in [2.24, 2.45) is 5.10 Å². The van der Waals surface area contributed by atoms with Gasteiger partial charge in [0.15, 0.2) is 12.4 Å². The van der Waals surface area contributed by atoms with Gasteiger partial charge in [0.25, 0.3) is 5.56 Å². The topological polar surface area (TPSA) is 95.2 Å². The molecule has 3 aromatic carbocycles. The van der Waals surface area contributed by atoms with E-state index in [2.05, 4.69) is 18.9 Å².